The number of alkyl halides is 2. The Bertz CT molecular complexity index is 659. The fraction of sp³-hybridized carbons (Fsp3) is 0.611. The van der Waals surface area contributed by atoms with Gasteiger partial charge in [0.15, 0.2) is 0 Å². The first kappa shape index (κ1) is 19.1. The summed E-state index contributed by atoms with van der Waals surface area (Å²) in [4.78, 5) is 14.4. The van der Waals surface area contributed by atoms with Crippen LogP contribution >= 0.6 is 31.9 Å². The molecule has 25 heavy (non-hydrogen) atoms. The molecule has 2 aliphatic rings. The van der Waals surface area contributed by atoms with Crippen molar-refractivity contribution in [1.82, 2.24) is 4.90 Å². The summed E-state index contributed by atoms with van der Waals surface area (Å²) in [6.45, 7) is 6.45. The van der Waals surface area contributed by atoms with Crippen molar-refractivity contribution >= 4 is 38.0 Å². The predicted molar refractivity (Wildman–Crippen MR) is 100 cm³/mol. The molecule has 138 valence electrons. The number of halogens is 3. The summed E-state index contributed by atoms with van der Waals surface area (Å²) < 4.78 is 24.3. The van der Waals surface area contributed by atoms with Gasteiger partial charge >= 0.3 is 6.09 Å². The van der Waals surface area contributed by atoms with Crippen molar-refractivity contribution in [2.45, 2.75) is 60.7 Å². The van der Waals surface area contributed by atoms with E-state index in [4.69, 9.17) is 9.47 Å². The molecular formula is C18H22Br2FNO3. The Morgan fingerprint density at radius 1 is 1.32 bits per heavy atom. The van der Waals surface area contributed by atoms with Gasteiger partial charge in [0, 0.05) is 12.8 Å². The van der Waals surface area contributed by atoms with Gasteiger partial charge in [-0.15, -0.1) is 0 Å². The Morgan fingerprint density at radius 2 is 1.92 bits per heavy atom. The SMILES string of the molecule is CC(C)(C)OC(=O)N1CC(OCc2ccc(F)cc2)CC12CC2(Br)Br. The van der Waals surface area contributed by atoms with Gasteiger partial charge in [0.05, 0.1) is 24.8 Å². The standard InChI is InChI=1S/C18H22Br2FNO3/c1-16(2,3)25-15(23)22-9-14(8-17(22)11-18(17,19)20)24-10-12-4-6-13(21)7-5-12/h4-7,14H,8-11H2,1-3H3. The Labute approximate surface area is 164 Å². The normalized spacial score (nSPS) is 27.6. The molecule has 1 spiro atoms. The third-order valence-electron chi connectivity index (χ3n) is 4.55. The second-order valence-corrected chi connectivity index (χ2v) is 11.5. The minimum atomic E-state index is -0.540. The zero-order valence-corrected chi connectivity index (χ0v) is 17.7. The molecule has 1 aliphatic heterocycles. The average Bonchev–Trinajstić information content (AvgIpc) is 2.85. The Hall–Kier alpha value is -0.660. The number of ether oxygens (including phenoxy) is 2. The molecule has 1 saturated carbocycles. The molecule has 0 bridgehead atoms. The van der Waals surface area contributed by atoms with Gasteiger partial charge in [-0.1, -0.05) is 44.0 Å². The van der Waals surface area contributed by atoms with Gasteiger partial charge in [0.25, 0.3) is 0 Å². The minimum Gasteiger partial charge on any atom is -0.444 e. The zero-order valence-electron chi connectivity index (χ0n) is 14.5. The lowest BCUT2D eigenvalue weighted by atomic mass is 10.1. The fourth-order valence-corrected chi connectivity index (χ4v) is 4.92. The summed E-state index contributed by atoms with van der Waals surface area (Å²) in [7, 11) is 0. The van der Waals surface area contributed by atoms with E-state index in [1.165, 1.54) is 12.1 Å². The van der Waals surface area contributed by atoms with Crippen molar-refractivity contribution in [3.63, 3.8) is 0 Å². The molecule has 3 rings (SSSR count). The number of hydrogen-bond acceptors (Lipinski definition) is 3. The largest absolute Gasteiger partial charge is 0.444 e. The quantitative estimate of drug-likeness (QED) is 0.575. The summed E-state index contributed by atoms with van der Waals surface area (Å²) in [6, 6.07) is 6.26. The maximum atomic E-state index is 13.0. The topological polar surface area (TPSA) is 38.8 Å². The number of carbonyl (C=O) groups is 1. The van der Waals surface area contributed by atoms with Crippen molar-refractivity contribution in [2.24, 2.45) is 0 Å². The van der Waals surface area contributed by atoms with E-state index < -0.39 is 5.60 Å². The smallest absolute Gasteiger partial charge is 0.410 e. The molecular weight excluding hydrogens is 457 g/mol. The van der Waals surface area contributed by atoms with E-state index in [0.717, 1.165) is 18.4 Å². The highest BCUT2D eigenvalue weighted by Gasteiger charge is 2.73. The summed E-state index contributed by atoms with van der Waals surface area (Å²) >= 11 is 7.32. The van der Waals surface area contributed by atoms with Crippen molar-refractivity contribution in [3.8, 4) is 0 Å². The van der Waals surface area contributed by atoms with Gasteiger partial charge in [0.1, 0.15) is 14.7 Å². The maximum absolute atomic E-state index is 13.0. The van der Waals surface area contributed by atoms with Gasteiger partial charge < -0.3 is 9.47 Å². The monoisotopic (exact) mass is 477 g/mol. The number of likely N-dealkylation sites (tertiary alicyclic amines) is 1. The zero-order chi connectivity index (χ0) is 18.5. The van der Waals surface area contributed by atoms with E-state index >= 15 is 0 Å². The van der Waals surface area contributed by atoms with E-state index in [2.05, 4.69) is 31.9 Å². The van der Waals surface area contributed by atoms with Crippen LogP contribution in [-0.2, 0) is 16.1 Å². The highest BCUT2D eigenvalue weighted by molar-refractivity contribution is 9.25. The molecule has 4 nitrogen and oxygen atoms in total. The van der Waals surface area contributed by atoms with E-state index in [9.17, 15) is 9.18 Å². The molecule has 1 aliphatic carbocycles. The number of rotatable bonds is 3. The average molecular weight is 479 g/mol. The van der Waals surface area contributed by atoms with Crippen LogP contribution in [-0.4, -0.2) is 38.0 Å². The molecule has 1 saturated heterocycles. The van der Waals surface area contributed by atoms with Crippen molar-refractivity contribution in [3.05, 3.63) is 35.6 Å². The van der Waals surface area contributed by atoms with Crippen molar-refractivity contribution in [1.29, 1.82) is 0 Å². The molecule has 1 heterocycles. The maximum Gasteiger partial charge on any atom is 0.410 e. The number of nitrogens with zero attached hydrogens (tertiary/aromatic N) is 1. The summed E-state index contributed by atoms with van der Waals surface area (Å²) in [5.74, 6) is -0.263. The Balaban J connectivity index is 1.66. The van der Waals surface area contributed by atoms with E-state index in [-0.39, 0.29) is 26.8 Å². The highest BCUT2D eigenvalue weighted by Crippen LogP contribution is 2.67. The van der Waals surface area contributed by atoms with Gasteiger partial charge in [0.2, 0.25) is 0 Å². The summed E-state index contributed by atoms with van der Waals surface area (Å²) in [5.41, 5.74) is 0.0375. The van der Waals surface area contributed by atoms with E-state index in [0.29, 0.717) is 13.2 Å². The van der Waals surface area contributed by atoms with Crippen LogP contribution < -0.4 is 0 Å². The van der Waals surface area contributed by atoms with Crippen LogP contribution in [0, 0.1) is 5.82 Å². The third kappa shape index (κ3) is 4.03. The Morgan fingerprint density at radius 3 is 2.44 bits per heavy atom. The van der Waals surface area contributed by atoms with Crippen LogP contribution in [0.5, 0.6) is 0 Å². The molecule has 2 unspecified atom stereocenters. The van der Waals surface area contributed by atoms with Crippen LogP contribution in [0.15, 0.2) is 24.3 Å². The molecule has 0 N–H and O–H groups in total. The first-order chi connectivity index (χ1) is 11.5. The molecule has 0 aromatic heterocycles. The van der Waals surface area contributed by atoms with Gasteiger partial charge in [-0.2, -0.15) is 0 Å². The molecule has 1 aromatic carbocycles. The molecule has 2 fully saturated rings. The lowest BCUT2D eigenvalue weighted by molar-refractivity contribution is 0.0136. The molecule has 2 atom stereocenters. The van der Waals surface area contributed by atoms with E-state index in [1.807, 2.05) is 20.8 Å². The first-order valence-electron chi connectivity index (χ1n) is 8.27. The molecule has 7 heteroatoms. The second kappa shape index (κ2) is 6.50. The van der Waals surface area contributed by atoms with Crippen LogP contribution in [0.1, 0.15) is 39.2 Å². The lowest BCUT2D eigenvalue weighted by Crippen LogP contribution is -2.43. The van der Waals surface area contributed by atoms with Gasteiger partial charge in [-0.05, 0) is 38.5 Å². The molecule has 1 aromatic rings. The van der Waals surface area contributed by atoms with Crippen molar-refractivity contribution in [2.75, 3.05) is 6.54 Å². The summed E-state index contributed by atoms with van der Waals surface area (Å²) in [6.07, 6.45) is 1.12. The van der Waals surface area contributed by atoms with Gasteiger partial charge in [-0.25, -0.2) is 9.18 Å². The highest BCUT2D eigenvalue weighted by atomic mass is 79.9. The third-order valence-corrected chi connectivity index (χ3v) is 6.59. The fourth-order valence-electron chi connectivity index (χ4n) is 3.24. The first-order valence-corrected chi connectivity index (χ1v) is 9.86. The predicted octanol–water partition coefficient (Wildman–Crippen LogP) is 4.98. The van der Waals surface area contributed by atoms with E-state index in [1.54, 1.807) is 17.0 Å². The van der Waals surface area contributed by atoms with Crippen LogP contribution in [0.3, 0.4) is 0 Å². The van der Waals surface area contributed by atoms with Crippen LogP contribution in [0.4, 0.5) is 9.18 Å². The number of hydrogen-bond donors (Lipinski definition) is 0. The Kier molecular flexibility index (Phi) is 4.97. The molecule has 1 amide bonds. The van der Waals surface area contributed by atoms with Crippen molar-refractivity contribution < 1.29 is 18.7 Å². The van der Waals surface area contributed by atoms with Crippen LogP contribution in [0.25, 0.3) is 0 Å². The minimum absolute atomic E-state index is 0.0884. The lowest BCUT2D eigenvalue weighted by Gasteiger charge is -2.29. The van der Waals surface area contributed by atoms with Crippen LogP contribution in [0.2, 0.25) is 0 Å². The summed E-state index contributed by atoms with van der Waals surface area (Å²) in [5, 5.41) is 0. The number of benzene rings is 1. The van der Waals surface area contributed by atoms with Gasteiger partial charge in [-0.3, -0.25) is 4.90 Å². The number of carbonyl (C=O) groups excluding carboxylic acids is 1. The number of amides is 1. The second-order valence-electron chi connectivity index (χ2n) is 7.77. The molecule has 0 radical (unpaired) electrons.